The van der Waals surface area contributed by atoms with Gasteiger partial charge in [-0.15, -0.1) is 0 Å². The van der Waals surface area contributed by atoms with Crippen LogP contribution in [0.15, 0.2) is 42.5 Å². The maximum absolute atomic E-state index is 12.3. The van der Waals surface area contributed by atoms with Gasteiger partial charge in [0.15, 0.2) is 6.10 Å². The van der Waals surface area contributed by atoms with Gasteiger partial charge in [-0.25, -0.2) is 0 Å². The molecular formula is C21H27NO4. The van der Waals surface area contributed by atoms with Crippen molar-refractivity contribution in [3.63, 3.8) is 0 Å². The summed E-state index contributed by atoms with van der Waals surface area (Å²) in [5, 5.41) is 2.86. The fourth-order valence-corrected chi connectivity index (χ4v) is 2.40. The number of benzene rings is 2. The first-order chi connectivity index (χ1) is 12.5. The highest BCUT2D eigenvalue weighted by Crippen LogP contribution is 2.19. The topological polar surface area (TPSA) is 56.8 Å². The Balaban J connectivity index is 1.78. The second-order valence-corrected chi connectivity index (χ2v) is 6.08. The van der Waals surface area contributed by atoms with Crippen LogP contribution < -0.4 is 19.5 Å². The van der Waals surface area contributed by atoms with Crippen molar-refractivity contribution < 1.29 is 19.0 Å². The van der Waals surface area contributed by atoms with Gasteiger partial charge in [0.25, 0.3) is 5.91 Å². The molecule has 1 amide bonds. The number of ether oxygens (including phenoxy) is 3. The number of hydrogen-bond acceptors (Lipinski definition) is 4. The summed E-state index contributed by atoms with van der Waals surface area (Å²) in [5.41, 5.74) is 2.41. The van der Waals surface area contributed by atoms with Gasteiger partial charge in [-0.1, -0.05) is 13.0 Å². The first kappa shape index (κ1) is 19.6. The van der Waals surface area contributed by atoms with Crippen LogP contribution in [0.1, 0.15) is 24.5 Å². The molecule has 0 heterocycles. The van der Waals surface area contributed by atoms with Crippen molar-refractivity contribution in [2.45, 2.75) is 33.3 Å². The van der Waals surface area contributed by atoms with E-state index in [0.29, 0.717) is 25.3 Å². The molecule has 2 rings (SSSR count). The summed E-state index contributed by atoms with van der Waals surface area (Å²) in [4.78, 5) is 12.3. The Morgan fingerprint density at radius 2 is 1.65 bits per heavy atom. The fraction of sp³-hybridized carbons (Fsp3) is 0.381. The van der Waals surface area contributed by atoms with Crippen molar-refractivity contribution in [1.29, 1.82) is 0 Å². The summed E-state index contributed by atoms with van der Waals surface area (Å²) in [6, 6.07) is 13.1. The van der Waals surface area contributed by atoms with E-state index in [4.69, 9.17) is 14.2 Å². The predicted octanol–water partition coefficient (Wildman–Crippen LogP) is 3.66. The van der Waals surface area contributed by atoms with Crippen LogP contribution in [-0.2, 0) is 4.79 Å². The summed E-state index contributed by atoms with van der Waals surface area (Å²) in [5.74, 6) is 2.05. The van der Waals surface area contributed by atoms with Crippen molar-refractivity contribution in [2.24, 2.45) is 0 Å². The molecule has 0 spiro atoms. The number of amides is 1. The molecule has 0 saturated carbocycles. The Morgan fingerprint density at radius 3 is 2.27 bits per heavy atom. The maximum atomic E-state index is 12.3. The Hall–Kier alpha value is -2.69. The number of rotatable bonds is 9. The second kappa shape index (κ2) is 9.70. The number of hydrogen-bond donors (Lipinski definition) is 1. The van der Waals surface area contributed by atoms with E-state index >= 15 is 0 Å². The minimum atomic E-state index is -0.537. The third kappa shape index (κ3) is 5.69. The molecule has 0 fully saturated rings. The van der Waals surface area contributed by atoms with Crippen LogP contribution in [0.5, 0.6) is 17.2 Å². The Morgan fingerprint density at radius 1 is 1.00 bits per heavy atom. The van der Waals surface area contributed by atoms with E-state index in [0.717, 1.165) is 11.5 Å². The van der Waals surface area contributed by atoms with E-state index in [9.17, 15) is 4.79 Å². The summed E-state index contributed by atoms with van der Waals surface area (Å²) in [7, 11) is 1.61. The van der Waals surface area contributed by atoms with Crippen molar-refractivity contribution in [2.75, 3.05) is 20.3 Å². The van der Waals surface area contributed by atoms with Crippen LogP contribution in [0.2, 0.25) is 0 Å². The number of nitrogens with one attached hydrogen (secondary N) is 1. The molecule has 2 aromatic rings. The van der Waals surface area contributed by atoms with E-state index in [-0.39, 0.29) is 5.91 Å². The van der Waals surface area contributed by atoms with Gasteiger partial charge in [-0.2, -0.15) is 0 Å². The minimum Gasteiger partial charge on any atom is -0.497 e. The van der Waals surface area contributed by atoms with Gasteiger partial charge in [-0.05, 0) is 67.8 Å². The van der Waals surface area contributed by atoms with Gasteiger partial charge in [-0.3, -0.25) is 4.79 Å². The van der Waals surface area contributed by atoms with Gasteiger partial charge in [0.05, 0.1) is 13.7 Å². The molecule has 0 aliphatic rings. The molecule has 0 bridgehead atoms. The Bertz CT molecular complexity index is 712. The quantitative estimate of drug-likeness (QED) is 0.696. The molecule has 0 unspecified atom stereocenters. The van der Waals surface area contributed by atoms with E-state index < -0.39 is 6.10 Å². The maximum Gasteiger partial charge on any atom is 0.261 e. The molecule has 5 heteroatoms. The van der Waals surface area contributed by atoms with Crippen LogP contribution in [0.4, 0.5) is 0 Å². The highest BCUT2D eigenvalue weighted by Gasteiger charge is 2.17. The van der Waals surface area contributed by atoms with Crippen LogP contribution in [0.25, 0.3) is 0 Å². The molecule has 0 aromatic heterocycles. The predicted molar refractivity (Wildman–Crippen MR) is 102 cm³/mol. The first-order valence-corrected chi connectivity index (χ1v) is 8.82. The highest BCUT2D eigenvalue weighted by atomic mass is 16.5. The molecule has 0 aliphatic heterocycles. The van der Waals surface area contributed by atoms with E-state index in [1.165, 1.54) is 11.1 Å². The van der Waals surface area contributed by atoms with Crippen LogP contribution >= 0.6 is 0 Å². The lowest BCUT2D eigenvalue weighted by Gasteiger charge is -2.17. The number of methoxy groups -OCH3 is 1. The lowest BCUT2D eigenvalue weighted by atomic mass is 10.1. The van der Waals surface area contributed by atoms with Crippen molar-refractivity contribution >= 4 is 5.91 Å². The van der Waals surface area contributed by atoms with Crippen molar-refractivity contribution in [3.05, 3.63) is 53.6 Å². The second-order valence-electron chi connectivity index (χ2n) is 6.08. The summed E-state index contributed by atoms with van der Waals surface area (Å²) >= 11 is 0. The number of aryl methyl sites for hydroxylation is 2. The normalized spacial score (nSPS) is 11.5. The SMILES string of the molecule is CC[C@H](Oc1ccc(OC)cc1)C(=O)NCCOc1ccc(C)c(C)c1. The molecule has 2 aromatic carbocycles. The zero-order valence-corrected chi connectivity index (χ0v) is 15.9. The minimum absolute atomic E-state index is 0.146. The first-order valence-electron chi connectivity index (χ1n) is 8.82. The van der Waals surface area contributed by atoms with Gasteiger partial charge in [0.2, 0.25) is 0 Å². The van der Waals surface area contributed by atoms with Gasteiger partial charge >= 0.3 is 0 Å². The molecule has 140 valence electrons. The smallest absolute Gasteiger partial charge is 0.261 e. The van der Waals surface area contributed by atoms with Crippen LogP contribution in [0, 0.1) is 13.8 Å². The molecule has 0 aliphatic carbocycles. The average Bonchev–Trinajstić information content (AvgIpc) is 2.66. The lowest BCUT2D eigenvalue weighted by molar-refractivity contribution is -0.128. The monoisotopic (exact) mass is 357 g/mol. The molecule has 26 heavy (non-hydrogen) atoms. The summed E-state index contributed by atoms with van der Waals surface area (Å²) in [6.45, 7) is 6.86. The molecule has 5 nitrogen and oxygen atoms in total. The average molecular weight is 357 g/mol. The van der Waals surface area contributed by atoms with E-state index in [1.54, 1.807) is 31.4 Å². The molecule has 1 atom stereocenters. The van der Waals surface area contributed by atoms with Gasteiger partial charge in [0.1, 0.15) is 23.9 Å². The zero-order valence-electron chi connectivity index (χ0n) is 15.9. The number of carbonyl (C=O) groups excluding carboxylic acids is 1. The molecular weight excluding hydrogens is 330 g/mol. The van der Waals surface area contributed by atoms with Crippen molar-refractivity contribution in [1.82, 2.24) is 5.32 Å². The third-order valence-corrected chi connectivity index (χ3v) is 4.15. The van der Waals surface area contributed by atoms with E-state index in [1.807, 2.05) is 32.0 Å². The molecule has 1 N–H and O–H groups in total. The standard InChI is InChI=1S/C21H27NO4/c1-5-20(26-18-10-8-17(24-4)9-11-18)21(23)22-12-13-25-19-7-6-15(2)16(3)14-19/h6-11,14,20H,5,12-13H2,1-4H3,(H,22,23)/t20-/m0/s1. The summed E-state index contributed by atoms with van der Waals surface area (Å²) in [6.07, 6.45) is 0.0422. The van der Waals surface area contributed by atoms with E-state index in [2.05, 4.69) is 12.2 Å². The highest BCUT2D eigenvalue weighted by molar-refractivity contribution is 5.81. The Labute approximate surface area is 155 Å². The van der Waals surface area contributed by atoms with Gasteiger partial charge < -0.3 is 19.5 Å². The molecule has 0 radical (unpaired) electrons. The third-order valence-electron chi connectivity index (χ3n) is 4.15. The number of carbonyl (C=O) groups is 1. The lowest BCUT2D eigenvalue weighted by Crippen LogP contribution is -2.39. The van der Waals surface area contributed by atoms with Crippen LogP contribution in [-0.4, -0.2) is 32.3 Å². The summed E-state index contributed by atoms with van der Waals surface area (Å²) < 4.78 is 16.6. The van der Waals surface area contributed by atoms with Crippen LogP contribution in [0.3, 0.4) is 0 Å². The van der Waals surface area contributed by atoms with Gasteiger partial charge in [0, 0.05) is 0 Å². The largest absolute Gasteiger partial charge is 0.497 e. The fourth-order valence-electron chi connectivity index (χ4n) is 2.40. The molecule has 0 saturated heterocycles. The Kier molecular flexibility index (Phi) is 7.33. The zero-order chi connectivity index (χ0) is 18.9. The van der Waals surface area contributed by atoms with Crippen molar-refractivity contribution in [3.8, 4) is 17.2 Å².